The summed E-state index contributed by atoms with van der Waals surface area (Å²) in [6, 6.07) is 68.0. The Hall–Kier alpha value is -6.76. The highest BCUT2D eigenvalue weighted by Crippen LogP contribution is 2.55. The van der Waals surface area contributed by atoms with Gasteiger partial charge in [0.1, 0.15) is 0 Å². The Morgan fingerprint density at radius 1 is 0.212 bits per heavy atom. The lowest BCUT2D eigenvalue weighted by atomic mass is 9.87. The van der Waals surface area contributed by atoms with Crippen molar-refractivity contribution in [2.75, 3.05) is 0 Å². The first-order chi connectivity index (χ1) is 25.8. The maximum absolute atomic E-state index is 2.44. The second-order valence-corrected chi connectivity index (χ2v) is 14.4. The molecule has 0 heterocycles. The van der Waals surface area contributed by atoms with Gasteiger partial charge in [0.25, 0.3) is 0 Å². The van der Waals surface area contributed by atoms with Gasteiger partial charge in [-0.15, -0.1) is 0 Å². The van der Waals surface area contributed by atoms with Gasteiger partial charge in [-0.25, -0.2) is 0 Å². The van der Waals surface area contributed by atoms with Gasteiger partial charge in [-0.2, -0.15) is 0 Å². The molecule has 2 aliphatic carbocycles. The van der Waals surface area contributed by atoms with Gasteiger partial charge >= 0.3 is 0 Å². The fourth-order valence-corrected chi connectivity index (χ4v) is 9.52. The number of fused-ring (bicyclic) bond motifs is 10. The predicted molar refractivity (Wildman–Crippen MR) is 222 cm³/mol. The molecule has 0 unspecified atom stereocenters. The molecule has 0 atom stereocenters. The minimum atomic E-state index is 1.22. The molecule has 0 nitrogen and oxygen atoms in total. The van der Waals surface area contributed by atoms with Crippen molar-refractivity contribution in [1.29, 1.82) is 0 Å². The molecule has 0 bridgehead atoms. The SMILES string of the molecule is c1ccc(-c2cc(-c3cccc4c3-c3cccc5c3c-4cc3ccccc35)cc(-c3cccc4c3-c3cccc5c3c-4cc3ccccc35)c2)cc1. The normalized spacial score (nSPS) is 12.2. The fraction of sp³-hybridized carbons (Fsp3) is 0. The van der Waals surface area contributed by atoms with Crippen LogP contribution in [0, 0.1) is 0 Å². The van der Waals surface area contributed by atoms with E-state index >= 15 is 0 Å². The second kappa shape index (κ2) is 10.4. The van der Waals surface area contributed by atoms with Crippen LogP contribution in [0.2, 0.25) is 0 Å². The number of hydrogen-bond acceptors (Lipinski definition) is 0. The van der Waals surface area contributed by atoms with Crippen LogP contribution in [0.1, 0.15) is 0 Å². The summed E-state index contributed by atoms with van der Waals surface area (Å²) in [5, 5.41) is 10.6. The molecule has 0 aliphatic heterocycles. The second-order valence-electron chi connectivity index (χ2n) is 14.4. The Morgan fingerprint density at radius 3 is 1.15 bits per heavy atom. The zero-order chi connectivity index (χ0) is 33.9. The van der Waals surface area contributed by atoms with Crippen LogP contribution in [0.5, 0.6) is 0 Å². The van der Waals surface area contributed by atoms with Crippen molar-refractivity contribution in [2.24, 2.45) is 0 Å². The molecule has 0 radical (unpaired) electrons. The minimum absolute atomic E-state index is 1.22. The average Bonchev–Trinajstić information content (AvgIpc) is 3.72. The summed E-state index contributed by atoms with van der Waals surface area (Å²) in [5.41, 5.74) is 18.1. The first kappa shape index (κ1) is 28.0. The summed E-state index contributed by atoms with van der Waals surface area (Å²) in [6.07, 6.45) is 0. The van der Waals surface area contributed by atoms with Crippen molar-refractivity contribution in [2.45, 2.75) is 0 Å². The molecule has 0 aromatic heterocycles. The van der Waals surface area contributed by atoms with Crippen molar-refractivity contribution < 1.29 is 0 Å². The molecule has 238 valence electrons. The summed E-state index contributed by atoms with van der Waals surface area (Å²) in [6.45, 7) is 0. The summed E-state index contributed by atoms with van der Waals surface area (Å²) >= 11 is 0. The average molecular weight is 655 g/mol. The number of hydrogen-bond donors (Lipinski definition) is 0. The van der Waals surface area contributed by atoms with E-state index in [1.165, 1.54) is 121 Å². The van der Waals surface area contributed by atoms with Gasteiger partial charge < -0.3 is 0 Å². The Labute approximate surface area is 301 Å². The van der Waals surface area contributed by atoms with Crippen molar-refractivity contribution in [1.82, 2.24) is 0 Å². The summed E-state index contributed by atoms with van der Waals surface area (Å²) in [5.74, 6) is 0. The minimum Gasteiger partial charge on any atom is -0.0622 e. The van der Waals surface area contributed by atoms with E-state index in [1.54, 1.807) is 0 Å². The molecule has 0 spiro atoms. The first-order valence-corrected chi connectivity index (χ1v) is 18.2. The molecular weight excluding hydrogens is 625 g/mol. The van der Waals surface area contributed by atoms with E-state index in [1.807, 2.05) is 0 Å². The topological polar surface area (TPSA) is 0 Å². The smallest absolute Gasteiger partial charge is 0.00197 e. The van der Waals surface area contributed by atoms with Crippen molar-refractivity contribution >= 4 is 43.1 Å². The highest BCUT2D eigenvalue weighted by molar-refractivity contribution is 6.26. The molecule has 12 rings (SSSR count). The van der Waals surface area contributed by atoms with Gasteiger partial charge in [-0.05, 0) is 151 Å². The summed E-state index contributed by atoms with van der Waals surface area (Å²) in [4.78, 5) is 0. The van der Waals surface area contributed by atoms with Crippen LogP contribution >= 0.6 is 0 Å². The van der Waals surface area contributed by atoms with Crippen LogP contribution in [0.3, 0.4) is 0 Å². The predicted octanol–water partition coefficient (Wildman–Crippen LogP) is 14.6. The zero-order valence-corrected chi connectivity index (χ0v) is 28.3. The molecule has 2 aliphatic rings. The van der Waals surface area contributed by atoms with E-state index in [9.17, 15) is 0 Å². The molecule has 10 aromatic carbocycles. The van der Waals surface area contributed by atoms with E-state index in [2.05, 4.69) is 182 Å². The quantitative estimate of drug-likeness (QED) is 0.166. The van der Waals surface area contributed by atoms with E-state index in [0.29, 0.717) is 0 Å². The molecule has 0 fully saturated rings. The highest BCUT2D eigenvalue weighted by Gasteiger charge is 2.28. The standard InChI is InChI=1S/C52H30/c1-2-12-31(13-3-1)34-26-35(39-18-8-22-43-47-29-32-14-4-6-16-37(32)41-20-10-24-45(49(39)43)51(41)47)28-36(27-34)40-19-9-23-44-48-30-33-15-5-7-17-38(33)42-21-11-25-46(50(40)44)52(42)48/h1-30H. The molecule has 52 heavy (non-hydrogen) atoms. The van der Waals surface area contributed by atoms with Gasteiger partial charge in [0, 0.05) is 0 Å². The van der Waals surface area contributed by atoms with Gasteiger partial charge in [-0.3, -0.25) is 0 Å². The van der Waals surface area contributed by atoms with Crippen LogP contribution in [-0.2, 0) is 0 Å². The molecule has 0 heteroatoms. The largest absolute Gasteiger partial charge is 0.0622 e. The maximum atomic E-state index is 2.44. The Balaban J connectivity index is 1.13. The van der Waals surface area contributed by atoms with Crippen molar-refractivity contribution in [3.63, 3.8) is 0 Å². The molecule has 0 N–H and O–H groups in total. The van der Waals surface area contributed by atoms with Crippen LogP contribution < -0.4 is 0 Å². The van der Waals surface area contributed by atoms with Crippen LogP contribution in [0.15, 0.2) is 182 Å². The Morgan fingerprint density at radius 2 is 0.615 bits per heavy atom. The Kier molecular flexibility index (Phi) is 5.59. The van der Waals surface area contributed by atoms with E-state index in [-0.39, 0.29) is 0 Å². The molecule has 0 amide bonds. The van der Waals surface area contributed by atoms with Crippen molar-refractivity contribution in [3.05, 3.63) is 182 Å². The lowest BCUT2D eigenvalue weighted by molar-refractivity contribution is 1.56. The highest BCUT2D eigenvalue weighted by atomic mass is 14.3. The van der Waals surface area contributed by atoms with E-state index < -0.39 is 0 Å². The maximum Gasteiger partial charge on any atom is -0.00197 e. The van der Waals surface area contributed by atoms with Crippen LogP contribution in [-0.4, -0.2) is 0 Å². The number of rotatable bonds is 3. The molecular formula is C52H30. The summed E-state index contributed by atoms with van der Waals surface area (Å²) < 4.78 is 0. The van der Waals surface area contributed by atoms with Crippen molar-refractivity contribution in [3.8, 4) is 77.9 Å². The monoisotopic (exact) mass is 654 g/mol. The zero-order valence-electron chi connectivity index (χ0n) is 28.3. The van der Waals surface area contributed by atoms with E-state index in [0.717, 1.165) is 0 Å². The van der Waals surface area contributed by atoms with E-state index in [4.69, 9.17) is 0 Å². The third-order valence-electron chi connectivity index (χ3n) is 11.7. The lowest BCUT2D eigenvalue weighted by Crippen LogP contribution is -1.90. The van der Waals surface area contributed by atoms with Crippen LogP contribution in [0.25, 0.3) is 121 Å². The first-order valence-electron chi connectivity index (χ1n) is 18.2. The third-order valence-corrected chi connectivity index (χ3v) is 11.7. The third kappa shape index (κ3) is 3.76. The van der Waals surface area contributed by atoms with Gasteiger partial charge in [0.15, 0.2) is 0 Å². The van der Waals surface area contributed by atoms with Gasteiger partial charge in [0.2, 0.25) is 0 Å². The summed E-state index contributed by atoms with van der Waals surface area (Å²) in [7, 11) is 0. The molecule has 0 saturated carbocycles. The lowest BCUT2D eigenvalue weighted by Gasteiger charge is -2.17. The fourth-order valence-electron chi connectivity index (χ4n) is 9.52. The molecule has 10 aromatic rings. The van der Waals surface area contributed by atoms with Crippen LogP contribution in [0.4, 0.5) is 0 Å². The van der Waals surface area contributed by atoms with Gasteiger partial charge in [0.05, 0.1) is 0 Å². The Bertz CT molecular complexity index is 2970. The number of benzene rings is 10. The van der Waals surface area contributed by atoms with Gasteiger partial charge in [-0.1, -0.05) is 152 Å². The molecule has 0 saturated heterocycles.